The molecule has 0 saturated heterocycles. The number of imide groups is 1. The highest BCUT2D eigenvalue weighted by Crippen LogP contribution is 2.23. The van der Waals surface area contributed by atoms with Crippen molar-refractivity contribution < 1.29 is 14.4 Å². The van der Waals surface area contributed by atoms with Gasteiger partial charge in [0.15, 0.2) is 0 Å². The van der Waals surface area contributed by atoms with Crippen molar-refractivity contribution in [2.24, 2.45) is 0 Å². The number of fused-ring (bicyclic) bond motifs is 1. The maximum Gasteiger partial charge on any atom is 0.280 e. The Hall–Kier alpha value is -2.95. The topological polar surface area (TPSA) is 66.5 Å². The minimum atomic E-state index is -0.518. The molecule has 2 aromatic rings. The molecule has 3 rings (SSSR count). The number of carbonyl (C=O) groups excluding carboxylic acids is 3. The van der Waals surface area contributed by atoms with E-state index in [0.717, 1.165) is 10.6 Å². The van der Waals surface area contributed by atoms with E-state index in [2.05, 4.69) is 26.2 Å². The molecule has 122 valence electrons. The van der Waals surface area contributed by atoms with E-state index in [4.69, 9.17) is 0 Å². The molecule has 1 aliphatic rings. The highest BCUT2D eigenvalue weighted by atomic mass is 16.2. The van der Waals surface area contributed by atoms with Gasteiger partial charge in [0, 0.05) is 5.56 Å². The fourth-order valence-electron chi connectivity index (χ4n) is 2.58. The molecule has 2 aromatic carbocycles. The Morgan fingerprint density at radius 2 is 1.38 bits per heavy atom. The lowest BCUT2D eigenvalue weighted by molar-refractivity contribution is 0.0518. The number of amides is 3. The highest BCUT2D eigenvalue weighted by molar-refractivity contribution is 6.22. The third-order valence-electron chi connectivity index (χ3n) is 4.02. The van der Waals surface area contributed by atoms with Crippen LogP contribution >= 0.6 is 0 Å². The molecule has 0 aliphatic carbocycles. The number of nitrogens with zero attached hydrogens (tertiary/aromatic N) is 1. The van der Waals surface area contributed by atoms with Gasteiger partial charge in [0.25, 0.3) is 17.7 Å². The molecule has 0 aromatic heterocycles. The molecule has 0 atom stereocenters. The van der Waals surface area contributed by atoms with Gasteiger partial charge in [-0.2, -0.15) is 5.01 Å². The van der Waals surface area contributed by atoms with E-state index in [1.165, 1.54) is 0 Å². The Morgan fingerprint density at radius 3 is 1.83 bits per heavy atom. The summed E-state index contributed by atoms with van der Waals surface area (Å²) in [5.41, 5.74) is 4.46. The van der Waals surface area contributed by atoms with Crippen LogP contribution < -0.4 is 5.43 Å². The van der Waals surface area contributed by atoms with Crippen molar-refractivity contribution in [1.29, 1.82) is 0 Å². The van der Waals surface area contributed by atoms with Crippen molar-refractivity contribution in [3.05, 3.63) is 70.8 Å². The number of carbonyl (C=O) groups is 3. The van der Waals surface area contributed by atoms with E-state index in [1.54, 1.807) is 36.4 Å². The lowest BCUT2D eigenvalue weighted by Crippen LogP contribution is -2.45. The molecular formula is C19H18N2O3. The molecule has 3 amide bonds. The Balaban J connectivity index is 1.79. The average Bonchev–Trinajstić information content (AvgIpc) is 2.79. The van der Waals surface area contributed by atoms with Crippen LogP contribution in [-0.2, 0) is 5.41 Å². The molecule has 5 heteroatoms. The summed E-state index contributed by atoms with van der Waals surface area (Å²) in [6.45, 7) is 6.25. The van der Waals surface area contributed by atoms with Gasteiger partial charge in [0.1, 0.15) is 0 Å². The Bertz CT molecular complexity index is 797. The minimum Gasteiger partial charge on any atom is -0.267 e. The van der Waals surface area contributed by atoms with Crippen molar-refractivity contribution >= 4 is 17.7 Å². The summed E-state index contributed by atoms with van der Waals surface area (Å²) < 4.78 is 0. The second-order valence-electron chi connectivity index (χ2n) is 6.76. The summed E-state index contributed by atoms with van der Waals surface area (Å²) >= 11 is 0. The molecule has 0 saturated carbocycles. The van der Waals surface area contributed by atoms with Gasteiger partial charge in [-0.25, -0.2) is 0 Å². The normalized spacial score (nSPS) is 13.9. The molecule has 0 radical (unpaired) electrons. The third kappa shape index (κ3) is 2.69. The standard InChI is InChI=1S/C19H18N2O3/c1-19(2,3)13-10-8-12(9-11-13)16(22)20-21-17(23)14-6-4-5-7-15(14)18(21)24/h4-11H,1-3H3,(H,20,22). The van der Waals surface area contributed by atoms with Gasteiger partial charge in [-0.15, -0.1) is 0 Å². The van der Waals surface area contributed by atoms with E-state index in [0.29, 0.717) is 16.7 Å². The quantitative estimate of drug-likeness (QED) is 0.865. The first-order valence-electron chi connectivity index (χ1n) is 7.68. The summed E-state index contributed by atoms with van der Waals surface area (Å²) in [7, 11) is 0. The van der Waals surface area contributed by atoms with Gasteiger partial charge in [-0.1, -0.05) is 45.0 Å². The van der Waals surface area contributed by atoms with E-state index in [-0.39, 0.29) is 5.41 Å². The second kappa shape index (κ2) is 5.60. The molecule has 5 nitrogen and oxygen atoms in total. The SMILES string of the molecule is CC(C)(C)c1ccc(C(=O)NN2C(=O)c3ccccc3C2=O)cc1. The Labute approximate surface area is 140 Å². The molecular weight excluding hydrogens is 304 g/mol. The van der Waals surface area contributed by atoms with Crippen LogP contribution in [0, 0.1) is 0 Å². The van der Waals surface area contributed by atoms with E-state index in [1.807, 2.05) is 12.1 Å². The van der Waals surface area contributed by atoms with Crippen molar-refractivity contribution in [2.75, 3.05) is 0 Å². The molecule has 0 bridgehead atoms. The Kier molecular flexibility index (Phi) is 3.72. The average molecular weight is 322 g/mol. The zero-order valence-corrected chi connectivity index (χ0v) is 13.8. The summed E-state index contributed by atoms with van der Waals surface area (Å²) in [6.07, 6.45) is 0. The van der Waals surface area contributed by atoms with E-state index in [9.17, 15) is 14.4 Å². The Morgan fingerprint density at radius 1 is 0.875 bits per heavy atom. The predicted octanol–water partition coefficient (Wildman–Crippen LogP) is 2.93. The largest absolute Gasteiger partial charge is 0.280 e. The molecule has 24 heavy (non-hydrogen) atoms. The van der Waals surface area contributed by atoms with Gasteiger partial charge in [0.2, 0.25) is 0 Å². The summed E-state index contributed by atoms with van der Waals surface area (Å²) in [6, 6.07) is 13.6. The van der Waals surface area contributed by atoms with Crippen LogP contribution in [0.2, 0.25) is 0 Å². The number of nitrogens with one attached hydrogen (secondary N) is 1. The molecule has 0 unspecified atom stereocenters. The van der Waals surface area contributed by atoms with Crippen molar-refractivity contribution in [3.8, 4) is 0 Å². The van der Waals surface area contributed by atoms with Gasteiger partial charge in [-0.05, 0) is 35.2 Å². The number of benzene rings is 2. The number of hydrogen-bond donors (Lipinski definition) is 1. The van der Waals surface area contributed by atoms with E-state index >= 15 is 0 Å². The number of rotatable bonds is 2. The smallest absolute Gasteiger partial charge is 0.267 e. The van der Waals surface area contributed by atoms with Crippen LogP contribution in [0.25, 0.3) is 0 Å². The van der Waals surface area contributed by atoms with Gasteiger partial charge >= 0.3 is 0 Å². The molecule has 0 fully saturated rings. The van der Waals surface area contributed by atoms with Crippen molar-refractivity contribution in [1.82, 2.24) is 10.4 Å². The van der Waals surface area contributed by atoms with Crippen molar-refractivity contribution in [2.45, 2.75) is 26.2 Å². The van der Waals surface area contributed by atoms with Crippen LogP contribution in [0.4, 0.5) is 0 Å². The maximum absolute atomic E-state index is 12.3. The van der Waals surface area contributed by atoms with Crippen LogP contribution in [-0.4, -0.2) is 22.7 Å². The zero-order chi connectivity index (χ0) is 17.5. The number of hydrogen-bond acceptors (Lipinski definition) is 3. The minimum absolute atomic E-state index is 0.0163. The van der Waals surface area contributed by atoms with E-state index < -0.39 is 17.7 Å². The predicted molar refractivity (Wildman–Crippen MR) is 89.6 cm³/mol. The summed E-state index contributed by atoms with van der Waals surface area (Å²) in [5, 5.41) is 0.769. The monoisotopic (exact) mass is 322 g/mol. The first kappa shape index (κ1) is 15.9. The lowest BCUT2D eigenvalue weighted by atomic mass is 9.87. The van der Waals surface area contributed by atoms with Crippen LogP contribution in [0.1, 0.15) is 57.4 Å². The third-order valence-corrected chi connectivity index (χ3v) is 4.02. The lowest BCUT2D eigenvalue weighted by Gasteiger charge is -2.19. The fraction of sp³-hybridized carbons (Fsp3) is 0.211. The van der Waals surface area contributed by atoms with Crippen molar-refractivity contribution in [3.63, 3.8) is 0 Å². The number of hydrazine groups is 1. The van der Waals surface area contributed by atoms with Gasteiger partial charge in [0.05, 0.1) is 11.1 Å². The maximum atomic E-state index is 12.3. The van der Waals surface area contributed by atoms with Crippen LogP contribution in [0.3, 0.4) is 0 Å². The first-order chi connectivity index (χ1) is 11.3. The summed E-state index contributed by atoms with van der Waals surface area (Å²) in [5.74, 6) is -1.53. The highest BCUT2D eigenvalue weighted by Gasteiger charge is 2.36. The fourth-order valence-corrected chi connectivity index (χ4v) is 2.58. The first-order valence-corrected chi connectivity index (χ1v) is 7.68. The van der Waals surface area contributed by atoms with Crippen LogP contribution in [0.5, 0.6) is 0 Å². The zero-order valence-electron chi connectivity index (χ0n) is 13.8. The summed E-state index contributed by atoms with van der Waals surface area (Å²) in [4.78, 5) is 36.8. The molecule has 1 heterocycles. The molecule has 0 spiro atoms. The van der Waals surface area contributed by atoms with Gasteiger partial charge in [-0.3, -0.25) is 19.8 Å². The van der Waals surface area contributed by atoms with Gasteiger partial charge < -0.3 is 0 Å². The second-order valence-corrected chi connectivity index (χ2v) is 6.76. The molecule has 1 N–H and O–H groups in total. The van der Waals surface area contributed by atoms with Crippen LogP contribution in [0.15, 0.2) is 48.5 Å². The molecule has 1 aliphatic heterocycles.